The van der Waals surface area contributed by atoms with E-state index >= 15 is 0 Å². The van der Waals surface area contributed by atoms with Crippen molar-refractivity contribution in [1.82, 2.24) is 4.98 Å². The van der Waals surface area contributed by atoms with Gasteiger partial charge >= 0.3 is 18.3 Å². The molecule has 0 aliphatic heterocycles. The van der Waals surface area contributed by atoms with Crippen molar-refractivity contribution in [3.8, 4) is 22.3 Å². The van der Waals surface area contributed by atoms with Crippen LogP contribution in [0, 0.1) is 0 Å². The molecule has 3 rings (SSSR count). The van der Waals surface area contributed by atoms with Crippen molar-refractivity contribution in [1.29, 1.82) is 0 Å². The number of carbonyl (C=O) groups excluding carboxylic acids is 1. The molecule has 9 heteroatoms. The number of H-pyrrole nitrogens is 1. The first-order chi connectivity index (χ1) is 13.5. The highest BCUT2D eigenvalue weighted by atomic mass is 19.4. The molecule has 0 spiro atoms. The number of ether oxygens (including phenoxy) is 1. The third-order valence-electron chi connectivity index (χ3n) is 4.29. The normalized spacial score (nSPS) is 12.1. The summed E-state index contributed by atoms with van der Waals surface area (Å²) < 4.78 is 81.6. The van der Waals surface area contributed by atoms with Crippen LogP contribution in [0.1, 0.15) is 21.6 Å². The molecule has 0 fully saturated rings. The van der Waals surface area contributed by atoms with Gasteiger partial charge in [-0.05, 0) is 35.4 Å². The monoisotopic (exact) mass is 413 g/mol. The van der Waals surface area contributed by atoms with Crippen molar-refractivity contribution < 1.29 is 35.9 Å². The second-order valence-electron chi connectivity index (χ2n) is 6.09. The lowest BCUT2D eigenvalue weighted by Crippen LogP contribution is -2.05. The van der Waals surface area contributed by atoms with E-state index in [0.29, 0.717) is 11.1 Å². The molecule has 0 atom stereocenters. The highest BCUT2D eigenvalue weighted by Crippen LogP contribution is 2.38. The Morgan fingerprint density at radius 3 is 1.66 bits per heavy atom. The molecule has 0 bridgehead atoms. The number of esters is 1. The van der Waals surface area contributed by atoms with Crippen LogP contribution < -0.4 is 0 Å². The number of nitrogens with one attached hydrogen (secondary N) is 1. The van der Waals surface area contributed by atoms with Crippen LogP contribution in [-0.4, -0.2) is 18.1 Å². The molecule has 3 aromatic rings. The number of aromatic amines is 1. The molecular weight excluding hydrogens is 400 g/mol. The number of rotatable bonds is 3. The Labute approximate surface area is 160 Å². The average Bonchev–Trinajstić information content (AvgIpc) is 3.11. The number of hydrogen-bond donors (Lipinski definition) is 1. The Kier molecular flexibility index (Phi) is 5.16. The van der Waals surface area contributed by atoms with E-state index in [0.717, 1.165) is 31.4 Å². The maximum absolute atomic E-state index is 12.8. The molecule has 0 saturated carbocycles. The predicted molar refractivity (Wildman–Crippen MR) is 93.0 cm³/mol. The van der Waals surface area contributed by atoms with Crippen molar-refractivity contribution in [2.24, 2.45) is 0 Å². The van der Waals surface area contributed by atoms with Gasteiger partial charge in [0.1, 0.15) is 5.69 Å². The molecule has 1 heterocycles. The Bertz CT molecular complexity index is 1020. The fourth-order valence-corrected chi connectivity index (χ4v) is 2.88. The van der Waals surface area contributed by atoms with Crippen molar-refractivity contribution >= 4 is 5.97 Å². The molecular formula is C20H13F6NO2. The third kappa shape index (κ3) is 4.13. The summed E-state index contributed by atoms with van der Waals surface area (Å²) in [5.74, 6) is -0.766. The predicted octanol–water partition coefficient (Wildman–Crippen LogP) is 6.17. The summed E-state index contributed by atoms with van der Waals surface area (Å²) >= 11 is 0. The summed E-state index contributed by atoms with van der Waals surface area (Å²) in [4.78, 5) is 14.8. The Morgan fingerprint density at radius 1 is 0.793 bits per heavy atom. The lowest BCUT2D eigenvalue weighted by molar-refractivity contribution is -0.138. The number of aromatic nitrogens is 1. The Balaban J connectivity index is 2.12. The average molecular weight is 413 g/mol. The van der Waals surface area contributed by atoms with Gasteiger partial charge in [-0.2, -0.15) is 26.3 Å². The fourth-order valence-electron chi connectivity index (χ4n) is 2.88. The molecule has 0 unspecified atom stereocenters. The standard InChI is InChI=1S/C20H13F6NO2/c1-29-18(28)17-16(12-4-8-14(9-5-12)20(24,25)26)15(10-27-17)11-2-6-13(7-3-11)19(21,22)23/h2-10,27H,1H3. The lowest BCUT2D eigenvalue weighted by Gasteiger charge is -2.11. The third-order valence-corrected chi connectivity index (χ3v) is 4.29. The van der Waals surface area contributed by atoms with Gasteiger partial charge in [-0.1, -0.05) is 24.3 Å². The van der Waals surface area contributed by atoms with E-state index in [1.165, 1.54) is 30.5 Å². The molecule has 2 aromatic carbocycles. The molecule has 1 N–H and O–H groups in total. The second-order valence-corrected chi connectivity index (χ2v) is 6.09. The summed E-state index contributed by atoms with van der Waals surface area (Å²) in [6.07, 6.45) is -7.65. The molecule has 29 heavy (non-hydrogen) atoms. The highest BCUT2D eigenvalue weighted by Gasteiger charge is 2.31. The van der Waals surface area contributed by atoms with Gasteiger partial charge in [0.25, 0.3) is 0 Å². The zero-order chi connectivity index (χ0) is 21.4. The Hall–Kier alpha value is -3.23. The first-order valence-electron chi connectivity index (χ1n) is 8.17. The summed E-state index contributed by atoms with van der Waals surface area (Å²) in [5.41, 5.74) is -0.547. The largest absolute Gasteiger partial charge is 0.464 e. The molecule has 152 valence electrons. The quantitative estimate of drug-likeness (QED) is 0.412. The van der Waals surface area contributed by atoms with Crippen molar-refractivity contribution in [2.45, 2.75) is 12.4 Å². The minimum Gasteiger partial charge on any atom is -0.464 e. The van der Waals surface area contributed by atoms with Crippen molar-refractivity contribution in [3.05, 3.63) is 71.5 Å². The van der Waals surface area contributed by atoms with E-state index < -0.39 is 29.4 Å². The number of alkyl halides is 6. The van der Waals surface area contributed by atoms with E-state index in [1.807, 2.05) is 0 Å². The topological polar surface area (TPSA) is 42.1 Å². The van der Waals surface area contributed by atoms with Crippen LogP contribution in [0.15, 0.2) is 54.7 Å². The zero-order valence-corrected chi connectivity index (χ0v) is 14.8. The lowest BCUT2D eigenvalue weighted by atomic mass is 9.95. The van der Waals surface area contributed by atoms with Crippen LogP contribution in [0.3, 0.4) is 0 Å². The van der Waals surface area contributed by atoms with Crippen LogP contribution in [0.5, 0.6) is 0 Å². The van der Waals surface area contributed by atoms with E-state index in [4.69, 9.17) is 4.74 Å². The maximum Gasteiger partial charge on any atom is 0.416 e. The molecule has 0 aliphatic rings. The highest BCUT2D eigenvalue weighted by molar-refractivity contribution is 6.01. The van der Waals surface area contributed by atoms with Crippen molar-refractivity contribution in [2.75, 3.05) is 7.11 Å². The first kappa shape index (κ1) is 20.5. The smallest absolute Gasteiger partial charge is 0.416 e. The molecule has 0 aliphatic carbocycles. The van der Waals surface area contributed by atoms with Gasteiger partial charge in [-0.3, -0.25) is 0 Å². The number of methoxy groups -OCH3 is 1. The summed E-state index contributed by atoms with van der Waals surface area (Å²) in [5, 5.41) is 0. The van der Waals surface area contributed by atoms with Crippen LogP contribution in [-0.2, 0) is 17.1 Å². The molecule has 0 amide bonds. The summed E-state index contributed by atoms with van der Waals surface area (Å²) in [6, 6.07) is 8.31. The fraction of sp³-hybridized carbons (Fsp3) is 0.150. The number of benzene rings is 2. The number of hydrogen-bond acceptors (Lipinski definition) is 2. The van der Waals surface area contributed by atoms with Crippen LogP contribution in [0.2, 0.25) is 0 Å². The SMILES string of the molecule is COC(=O)c1[nH]cc(-c2ccc(C(F)(F)F)cc2)c1-c1ccc(C(F)(F)F)cc1. The van der Waals surface area contributed by atoms with Gasteiger partial charge < -0.3 is 9.72 Å². The van der Waals surface area contributed by atoms with E-state index in [-0.39, 0.29) is 16.8 Å². The van der Waals surface area contributed by atoms with E-state index in [1.54, 1.807) is 0 Å². The van der Waals surface area contributed by atoms with Crippen LogP contribution in [0.25, 0.3) is 22.3 Å². The van der Waals surface area contributed by atoms with E-state index in [9.17, 15) is 31.1 Å². The number of carbonyl (C=O) groups is 1. The minimum absolute atomic E-state index is 0.0258. The summed E-state index contributed by atoms with van der Waals surface area (Å²) in [6.45, 7) is 0. The van der Waals surface area contributed by atoms with E-state index in [2.05, 4.69) is 4.98 Å². The van der Waals surface area contributed by atoms with Gasteiger partial charge in [-0.15, -0.1) is 0 Å². The second kappa shape index (κ2) is 7.31. The minimum atomic E-state index is -4.53. The van der Waals surface area contributed by atoms with Gasteiger partial charge in [-0.25, -0.2) is 4.79 Å². The molecule has 1 aromatic heterocycles. The molecule has 3 nitrogen and oxygen atoms in total. The van der Waals surface area contributed by atoms with Crippen molar-refractivity contribution in [3.63, 3.8) is 0 Å². The zero-order valence-electron chi connectivity index (χ0n) is 14.8. The van der Waals surface area contributed by atoms with Gasteiger partial charge in [0.15, 0.2) is 0 Å². The molecule has 0 saturated heterocycles. The number of halogens is 6. The molecule has 0 radical (unpaired) electrons. The van der Waals surface area contributed by atoms with Crippen LogP contribution in [0.4, 0.5) is 26.3 Å². The van der Waals surface area contributed by atoms with Gasteiger partial charge in [0.2, 0.25) is 0 Å². The van der Waals surface area contributed by atoms with Gasteiger partial charge in [0.05, 0.1) is 18.2 Å². The summed E-state index contributed by atoms with van der Waals surface area (Å²) in [7, 11) is 1.14. The van der Waals surface area contributed by atoms with Gasteiger partial charge in [0, 0.05) is 17.3 Å². The first-order valence-corrected chi connectivity index (χ1v) is 8.17. The Morgan fingerprint density at radius 2 is 1.24 bits per heavy atom. The van der Waals surface area contributed by atoms with Crippen LogP contribution >= 0.6 is 0 Å². The maximum atomic E-state index is 12.8.